The number of aromatic nitrogens is 3. The van der Waals surface area contributed by atoms with Crippen LogP contribution in [0.15, 0.2) is 82.4 Å². The molecule has 0 aliphatic rings. The Morgan fingerprint density at radius 3 is 2.52 bits per heavy atom. The highest BCUT2D eigenvalue weighted by Crippen LogP contribution is 2.23. The molecule has 1 N–H and O–H groups in total. The molecule has 1 amide bonds. The first-order valence-electron chi connectivity index (χ1n) is 10.4. The van der Waals surface area contributed by atoms with Crippen molar-refractivity contribution in [1.82, 2.24) is 14.8 Å². The number of carbonyl (C=O) groups is 1. The Morgan fingerprint density at radius 1 is 1.03 bits per heavy atom. The maximum absolute atomic E-state index is 12.6. The summed E-state index contributed by atoms with van der Waals surface area (Å²) >= 11 is 10.9. The van der Waals surface area contributed by atoms with E-state index in [1.54, 1.807) is 0 Å². The topological polar surface area (TPSA) is 59.8 Å². The van der Waals surface area contributed by atoms with Gasteiger partial charge in [0.1, 0.15) is 5.82 Å². The highest BCUT2D eigenvalue weighted by Gasteiger charge is 2.15. The molecular weight excluding hydrogens is 520 g/mol. The summed E-state index contributed by atoms with van der Waals surface area (Å²) in [6, 6.07) is 23.6. The molecule has 0 saturated carbocycles. The molecule has 0 bridgehead atoms. The summed E-state index contributed by atoms with van der Waals surface area (Å²) < 4.78 is 3.08. The molecule has 3 aromatic carbocycles. The van der Waals surface area contributed by atoms with Crippen LogP contribution in [-0.2, 0) is 17.8 Å². The van der Waals surface area contributed by atoms with Crippen LogP contribution in [0, 0.1) is 6.92 Å². The van der Waals surface area contributed by atoms with Crippen LogP contribution in [0.4, 0.5) is 5.69 Å². The van der Waals surface area contributed by atoms with Crippen LogP contribution in [0.1, 0.15) is 22.5 Å². The predicted molar refractivity (Wildman–Crippen MR) is 138 cm³/mol. The van der Waals surface area contributed by atoms with E-state index >= 15 is 0 Å². The highest BCUT2D eigenvalue weighted by molar-refractivity contribution is 9.10. The molecule has 0 fully saturated rings. The third kappa shape index (κ3) is 6.47. The number of hydrogen-bond acceptors (Lipinski definition) is 4. The zero-order valence-electron chi connectivity index (χ0n) is 18.0. The molecule has 5 nitrogen and oxygen atoms in total. The summed E-state index contributed by atoms with van der Waals surface area (Å²) in [5.74, 6) is 0.995. The van der Waals surface area contributed by atoms with E-state index in [0.29, 0.717) is 23.1 Å². The lowest BCUT2D eigenvalue weighted by Crippen LogP contribution is -2.15. The smallest absolute Gasteiger partial charge is 0.234 e. The lowest BCUT2D eigenvalue weighted by molar-refractivity contribution is -0.113. The normalized spacial score (nSPS) is 10.9. The maximum atomic E-state index is 12.6. The number of halogens is 2. The molecule has 8 heteroatoms. The van der Waals surface area contributed by atoms with Gasteiger partial charge in [0.25, 0.3) is 0 Å². The van der Waals surface area contributed by atoms with Crippen molar-refractivity contribution in [3.05, 3.63) is 105 Å². The minimum absolute atomic E-state index is 0.0904. The van der Waals surface area contributed by atoms with Gasteiger partial charge < -0.3 is 9.88 Å². The Morgan fingerprint density at radius 2 is 1.79 bits per heavy atom. The number of amides is 1. The zero-order valence-corrected chi connectivity index (χ0v) is 21.1. The van der Waals surface area contributed by atoms with Crippen molar-refractivity contribution in [3.63, 3.8) is 0 Å². The Balaban J connectivity index is 1.50. The van der Waals surface area contributed by atoms with Gasteiger partial charge in [0.05, 0.1) is 12.3 Å². The first-order valence-corrected chi connectivity index (χ1v) is 12.5. The van der Waals surface area contributed by atoms with Gasteiger partial charge in [-0.2, -0.15) is 0 Å². The predicted octanol–water partition coefficient (Wildman–Crippen LogP) is 6.37. The molecular formula is C25H22BrClN4OS. The summed E-state index contributed by atoms with van der Waals surface area (Å²) in [5.41, 5.74) is 4.08. The molecule has 0 saturated heterocycles. The SMILES string of the molecule is Cc1cc(NC(=O)CSc2nnc(Cc3ccccc3)n2Cc2ccc(Cl)cc2)ccc1Br. The number of rotatable bonds is 8. The van der Waals surface area contributed by atoms with E-state index in [2.05, 4.69) is 48.1 Å². The van der Waals surface area contributed by atoms with Crippen molar-refractivity contribution in [2.24, 2.45) is 0 Å². The number of benzene rings is 3. The van der Waals surface area contributed by atoms with E-state index in [-0.39, 0.29) is 11.7 Å². The summed E-state index contributed by atoms with van der Waals surface area (Å²) in [7, 11) is 0. The number of aryl methyl sites for hydroxylation is 1. The van der Waals surface area contributed by atoms with Gasteiger partial charge in [0.2, 0.25) is 5.91 Å². The standard InChI is InChI=1S/C25H22BrClN4OS/c1-17-13-21(11-12-22(17)26)28-24(32)16-33-25-30-29-23(14-18-5-3-2-4-6-18)31(25)15-19-7-9-20(27)10-8-19/h2-13H,14-16H2,1H3,(H,28,32). The number of carbonyl (C=O) groups excluding carboxylic acids is 1. The fourth-order valence-corrected chi connectivity index (χ4v) is 4.45. The van der Waals surface area contributed by atoms with Crippen LogP contribution in [0.5, 0.6) is 0 Å². The zero-order chi connectivity index (χ0) is 23.2. The Labute approximate surface area is 210 Å². The number of thioether (sulfide) groups is 1. The summed E-state index contributed by atoms with van der Waals surface area (Å²) in [4.78, 5) is 12.6. The van der Waals surface area contributed by atoms with Crippen LogP contribution < -0.4 is 5.32 Å². The van der Waals surface area contributed by atoms with Crippen LogP contribution in [-0.4, -0.2) is 26.4 Å². The molecule has 1 heterocycles. The molecule has 0 atom stereocenters. The van der Waals surface area contributed by atoms with Crippen molar-refractivity contribution in [2.75, 3.05) is 11.1 Å². The molecule has 0 unspecified atom stereocenters. The summed E-state index contributed by atoms with van der Waals surface area (Å²) in [6.45, 7) is 2.59. The second-order valence-corrected chi connectivity index (χ2v) is 9.81. The lowest BCUT2D eigenvalue weighted by Gasteiger charge is -2.11. The van der Waals surface area contributed by atoms with E-state index in [4.69, 9.17) is 11.6 Å². The van der Waals surface area contributed by atoms with Gasteiger partial charge in [-0.05, 0) is 53.9 Å². The first kappa shape index (κ1) is 23.5. The van der Waals surface area contributed by atoms with Crippen LogP contribution >= 0.6 is 39.3 Å². The molecule has 33 heavy (non-hydrogen) atoms. The first-order chi connectivity index (χ1) is 16.0. The Hall–Kier alpha value is -2.61. The average molecular weight is 542 g/mol. The van der Waals surface area contributed by atoms with Gasteiger partial charge in [0, 0.05) is 21.6 Å². The third-order valence-electron chi connectivity index (χ3n) is 5.03. The minimum Gasteiger partial charge on any atom is -0.325 e. The largest absolute Gasteiger partial charge is 0.325 e. The third-order valence-corrected chi connectivity index (χ3v) is 7.14. The molecule has 1 aromatic heterocycles. The molecule has 0 spiro atoms. The van der Waals surface area contributed by atoms with Gasteiger partial charge in [-0.1, -0.05) is 81.8 Å². The number of anilines is 1. The molecule has 4 aromatic rings. The monoisotopic (exact) mass is 540 g/mol. The van der Waals surface area contributed by atoms with E-state index in [0.717, 1.165) is 32.7 Å². The number of nitrogens with one attached hydrogen (secondary N) is 1. The number of nitrogens with zero attached hydrogens (tertiary/aromatic N) is 3. The van der Waals surface area contributed by atoms with E-state index in [1.165, 1.54) is 11.8 Å². The van der Waals surface area contributed by atoms with Crippen molar-refractivity contribution in [2.45, 2.75) is 25.0 Å². The Kier molecular flexibility index (Phi) is 7.85. The molecule has 0 radical (unpaired) electrons. The van der Waals surface area contributed by atoms with E-state index in [9.17, 15) is 4.79 Å². The van der Waals surface area contributed by atoms with Crippen LogP contribution in [0.3, 0.4) is 0 Å². The number of hydrogen-bond donors (Lipinski definition) is 1. The van der Waals surface area contributed by atoms with Gasteiger partial charge in [-0.3, -0.25) is 4.79 Å². The molecule has 0 aliphatic heterocycles. The highest BCUT2D eigenvalue weighted by atomic mass is 79.9. The summed E-state index contributed by atoms with van der Waals surface area (Å²) in [6.07, 6.45) is 0.659. The van der Waals surface area contributed by atoms with E-state index < -0.39 is 0 Å². The van der Waals surface area contributed by atoms with Crippen molar-refractivity contribution >= 4 is 50.9 Å². The van der Waals surface area contributed by atoms with Gasteiger partial charge in [-0.25, -0.2) is 0 Å². The fraction of sp³-hybridized carbons (Fsp3) is 0.160. The van der Waals surface area contributed by atoms with Gasteiger partial charge in [0.15, 0.2) is 5.16 Å². The van der Waals surface area contributed by atoms with E-state index in [1.807, 2.05) is 67.6 Å². The maximum Gasteiger partial charge on any atom is 0.234 e. The second kappa shape index (κ2) is 11.0. The second-order valence-electron chi connectivity index (χ2n) is 7.57. The lowest BCUT2D eigenvalue weighted by atomic mass is 10.1. The summed E-state index contributed by atoms with van der Waals surface area (Å²) in [5, 5.41) is 13.2. The van der Waals surface area contributed by atoms with Crippen LogP contribution in [0.25, 0.3) is 0 Å². The van der Waals surface area contributed by atoms with Crippen LogP contribution in [0.2, 0.25) is 5.02 Å². The van der Waals surface area contributed by atoms with Crippen molar-refractivity contribution in [3.8, 4) is 0 Å². The van der Waals surface area contributed by atoms with Crippen molar-refractivity contribution in [1.29, 1.82) is 0 Å². The molecule has 0 aliphatic carbocycles. The quantitative estimate of drug-likeness (QED) is 0.263. The fourth-order valence-electron chi connectivity index (χ4n) is 3.32. The van der Waals surface area contributed by atoms with Crippen molar-refractivity contribution < 1.29 is 4.79 Å². The van der Waals surface area contributed by atoms with Gasteiger partial charge >= 0.3 is 0 Å². The minimum atomic E-state index is -0.0904. The van der Waals surface area contributed by atoms with Gasteiger partial charge in [-0.15, -0.1) is 10.2 Å². The molecule has 4 rings (SSSR count). The Bertz CT molecular complexity index is 1250. The average Bonchev–Trinajstić information content (AvgIpc) is 3.18. The molecule has 168 valence electrons.